The predicted octanol–water partition coefficient (Wildman–Crippen LogP) is 3.27. The van der Waals surface area contributed by atoms with Crippen LogP contribution >= 0.6 is 0 Å². The molecule has 23 heavy (non-hydrogen) atoms. The summed E-state index contributed by atoms with van der Waals surface area (Å²) in [6, 6.07) is 1.50. The summed E-state index contributed by atoms with van der Waals surface area (Å²) >= 11 is 0. The average molecular weight is 332 g/mol. The lowest BCUT2D eigenvalue weighted by atomic mass is 9.89. The Morgan fingerprint density at radius 2 is 2.09 bits per heavy atom. The highest BCUT2D eigenvalue weighted by Gasteiger charge is 2.39. The van der Waals surface area contributed by atoms with Crippen molar-refractivity contribution in [2.75, 3.05) is 19.8 Å². The standard InChI is InChI=1S/C11H12F3NO.C5H11NO/c1-7(11(12,13)14)16-10-4-5-15-6-9(10)8-2-3-8;1-5(2-6)3-7-4-5/h4-8H,2-3H2,1H3;2-4,6H2,1H3/t7-;/m0./s1. The molecule has 1 saturated carbocycles. The van der Waals surface area contributed by atoms with Crippen molar-refractivity contribution in [1.29, 1.82) is 0 Å². The van der Waals surface area contributed by atoms with Crippen LogP contribution in [0.5, 0.6) is 5.75 Å². The fourth-order valence-electron chi connectivity index (χ4n) is 2.03. The van der Waals surface area contributed by atoms with Crippen LogP contribution in [0, 0.1) is 5.41 Å². The van der Waals surface area contributed by atoms with Crippen LogP contribution in [-0.4, -0.2) is 37.0 Å². The summed E-state index contributed by atoms with van der Waals surface area (Å²) in [6.45, 7) is 5.60. The number of halogens is 3. The van der Waals surface area contributed by atoms with Crippen LogP contribution in [0.2, 0.25) is 0 Å². The van der Waals surface area contributed by atoms with Crippen molar-refractivity contribution in [3.05, 3.63) is 24.0 Å². The second kappa shape index (κ2) is 7.05. The minimum absolute atomic E-state index is 0.308. The molecule has 1 aromatic heterocycles. The van der Waals surface area contributed by atoms with Gasteiger partial charge in [0.15, 0.2) is 6.10 Å². The molecule has 2 fully saturated rings. The van der Waals surface area contributed by atoms with E-state index in [1.54, 1.807) is 6.20 Å². The molecular formula is C16H23F3N2O2. The van der Waals surface area contributed by atoms with Crippen LogP contribution in [0.3, 0.4) is 0 Å². The lowest BCUT2D eigenvalue weighted by Gasteiger charge is -2.36. The molecule has 0 unspecified atom stereocenters. The van der Waals surface area contributed by atoms with Gasteiger partial charge in [0.2, 0.25) is 0 Å². The van der Waals surface area contributed by atoms with Gasteiger partial charge in [0.05, 0.1) is 13.2 Å². The van der Waals surface area contributed by atoms with Gasteiger partial charge >= 0.3 is 6.18 Å². The summed E-state index contributed by atoms with van der Waals surface area (Å²) < 4.78 is 46.9. The molecule has 4 nitrogen and oxygen atoms in total. The summed E-state index contributed by atoms with van der Waals surface area (Å²) in [5.74, 6) is 0.631. The molecule has 1 saturated heterocycles. The summed E-state index contributed by atoms with van der Waals surface area (Å²) in [5.41, 5.74) is 6.50. The first-order chi connectivity index (χ1) is 10.7. The molecule has 7 heteroatoms. The van der Waals surface area contributed by atoms with Crippen LogP contribution in [-0.2, 0) is 4.74 Å². The second-order valence-electron chi connectivity index (χ2n) is 6.50. The SMILES string of the molecule is CC1(CN)COC1.C[C@H](Oc1ccncc1C1CC1)C(F)(F)F. The van der Waals surface area contributed by atoms with Gasteiger partial charge in [-0.15, -0.1) is 0 Å². The Balaban J connectivity index is 0.000000229. The first kappa shape index (κ1) is 18.0. The molecule has 130 valence electrons. The van der Waals surface area contributed by atoms with Gasteiger partial charge in [-0.1, -0.05) is 6.92 Å². The maximum absolute atomic E-state index is 12.3. The number of pyridine rings is 1. The van der Waals surface area contributed by atoms with Crippen molar-refractivity contribution >= 4 is 0 Å². The molecular weight excluding hydrogens is 309 g/mol. The van der Waals surface area contributed by atoms with Gasteiger partial charge in [0.25, 0.3) is 0 Å². The summed E-state index contributed by atoms with van der Waals surface area (Å²) in [6.07, 6.45) is -1.07. The van der Waals surface area contributed by atoms with Gasteiger partial charge in [0, 0.05) is 29.9 Å². The second-order valence-corrected chi connectivity index (χ2v) is 6.50. The fourth-order valence-corrected chi connectivity index (χ4v) is 2.03. The highest BCUT2D eigenvalue weighted by molar-refractivity contribution is 5.36. The number of rotatable bonds is 4. The van der Waals surface area contributed by atoms with Gasteiger partial charge in [-0.05, 0) is 31.7 Å². The molecule has 2 aliphatic rings. The fraction of sp³-hybridized carbons (Fsp3) is 0.688. The average Bonchev–Trinajstić information content (AvgIpc) is 3.29. The van der Waals surface area contributed by atoms with Crippen LogP contribution in [0.25, 0.3) is 0 Å². The van der Waals surface area contributed by atoms with Crippen molar-refractivity contribution < 1.29 is 22.6 Å². The Morgan fingerprint density at radius 3 is 2.48 bits per heavy atom. The lowest BCUT2D eigenvalue weighted by Crippen LogP contribution is -2.45. The van der Waals surface area contributed by atoms with E-state index in [1.807, 2.05) is 0 Å². The molecule has 0 aromatic carbocycles. The van der Waals surface area contributed by atoms with E-state index in [1.165, 1.54) is 12.3 Å². The number of hydrogen-bond donors (Lipinski definition) is 1. The van der Waals surface area contributed by atoms with Gasteiger partial charge in [-0.3, -0.25) is 4.98 Å². The summed E-state index contributed by atoms with van der Waals surface area (Å²) in [4.78, 5) is 3.91. The number of aromatic nitrogens is 1. The Morgan fingerprint density at radius 1 is 1.43 bits per heavy atom. The number of hydrogen-bond acceptors (Lipinski definition) is 4. The molecule has 1 aromatic rings. The highest BCUT2D eigenvalue weighted by Crippen LogP contribution is 2.44. The van der Waals surface area contributed by atoms with Crippen LogP contribution < -0.4 is 10.5 Å². The normalized spacial score (nSPS) is 20.8. The highest BCUT2D eigenvalue weighted by atomic mass is 19.4. The quantitative estimate of drug-likeness (QED) is 0.919. The van der Waals surface area contributed by atoms with E-state index in [0.29, 0.717) is 17.1 Å². The van der Waals surface area contributed by atoms with E-state index in [4.69, 9.17) is 15.2 Å². The minimum atomic E-state index is -4.33. The number of ether oxygens (including phenoxy) is 2. The van der Waals surface area contributed by atoms with Gasteiger partial charge in [-0.25, -0.2) is 0 Å². The first-order valence-corrected chi connectivity index (χ1v) is 7.70. The molecule has 0 bridgehead atoms. The Labute approximate surface area is 134 Å². The third-order valence-corrected chi connectivity index (χ3v) is 3.99. The zero-order chi connectivity index (χ0) is 17.1. The zero-order valence-corrected chi connectivity index (χ0v) is 13.4. The maximum atomic E-state index is 12.3. The van der Waals surface area contributed by atoms with Crippen molar-refractivity contribution in [3.63, 3.8) is 0 Å². The number of alkyl halides is 3. The minimum Gasteiger partial charge on any atom is -0.481 e. The first-order valence-electron chi connectivity index (χ1n) is 7.70. The monoisotopic (exact) mass is 332 g/mol. The van der Waals surface area contributed by atoms with Crippen LogP contribution in [0.4, 0.5) is 13.2 Å². The summed E-state index contributed by atoms with van der Waals surface area (Å²) in [7, 11) is 0. The molecule has 3 rings (SSSR count). The molecule has 2 N–H and O–H groups in total. The summed E-state index contributed by atoms with van der Waals surface area (Å²) in [5, 5.41) is 0. The van der Waals surface area contributed by atoms with Crippen molar-refractivity contribution in [2.24, 2.45) is 11.1 Å². The maximum Gasteiger partial charge on any atom is 0.425 e. The molecule has 1 aliphatic carbocycles. The predicted molar refractivity (Wildman–Crippen MR) is 80.3 cm³/mol. The number of nitrogens with zero attached hydrogens (tertiary/aromatic N) is 1. The Bertz CT molecular complexity index is 509. The molecule has 0 radical (unpaired) electrons. The van der Waals surface area contributed by atoms with Gasteiger partial charge in [-0.2, -0.15) is 13.2 Å². The van der Waals surface area contributed by atoms with E-state index in [9.17, 15) is 13.2 Å². The smallest absolute Gasteiger partial charge is 0.425 e. The Hall–Kier alpha value is -1.34. The van der Waals surface area contributed by atoms with Crippen molar-refractivity contribution in [1.82, 2.24) is 4.98 Å². The number of nitrogens with two attached hydrogens (primary N) is 1. The zero-order valence-electron chi connectivity index (χ0n) is 13.4. The van der Waals surface area contributed by atoms with E-state index in [2.05, 4.69) is 11.9 Å². The lowest BCUT2D eigenvalue weighted by molar-refractivity contribution is -0.189. The molecule has 0 amide bonds. The topological polar surface area (TPSA) is 57.4 Å². The third-order valence-electron chi connectivity index (χ3n) is 3.99. The largest absolute Gasteiger partial charge is 0.481 e. The molecule has 1 atom stereocenters. The van der Waals surface area contributed by atoms with Gasteiger partial charge < -0.3 is 15.2 Å². The molecule has 1 aliphatic heterocycles. The Kier molecular flexibility index (Phi) is 5.52. The van der Waals surface area contributed by atoms with E-state index in [-0.39, 0.29) is 0 Å². The van der Waals surface area contributed by atoms with E-state index >= 15 is 0 Å². The van der Waals surface area contributed by atoms with Gasteiger partial charge in [0.1, 0.15) is 5.75 Å². The van der Waals surface area contributed by atoms with Crippen molar-refractivity contribution in [3.8, 4) is 5.75 Å². The van der Waals surface area contributed by atoms with E-state index < -0.39 is 12.3 Å². The van der Waals surface area contributed by atoms with Crippen LogP contribution in [0.1, 0.15) is 38.2 Å². The van der Waals surface area contributed by atoms with E-state index in [0.717, 1.165) is 45.1 Å². The third kappa shape index (κ3) is 5.07. The molecule has 2 heterocycles. The molecule has 0 spiro atoms. The van der Waals surface area contributed by atoms with Crippen LogP contribution in [0.15, 0.2) is 18.5 Å². The van der Waals surface area contributed by atoms with Crippen molar-refractivity contribution in [2.45, 2.75) is 44.9 Å².